The molecule has 1 aromatic carbocycles. The standard InChI is InChI=1S/C17H20O4/c1-13(16(12-19-2)17(18)21-4)6-5-7-14-8-10-15(20-3)11-9-14/h5-12H,1-4H3. The van der Waals surface area contributed by atoms with E-state index in [9.17, 15) is 4.79 Å². The lowest BCUT2D eigenvalue weighted by Crippen LogP contribution is -2.06. The Morgan fingerprint density at radius 3 is 2.29 bits per heavy atom. The average molecular weight is 288 g/mol. The second-order valence-electron chi connectivity index (χ2n) is 4.24. The number of carbonyl (C=O) groups excluding carboxylic acids is 1. The lowest BCUT2D eigenvalue weighted by molar-refractivity contribution is -0.135. The molecule has 1 rings (SSSR count). The van der Waals surface area contributed by atoms with E-state index >= 15 is 0 Å². The molecule has 4 nitrogen and oxygen atoms in total. The highest BCUT2D eigenvalue weighted by Crippen LogP contribution is 2.14. The first-order chi connectivity index (χ1) is 10.1. The number of esters is 1. The molecule has 21 heavy (non-hydrogen) atoms. The van der Waals surface area contributed by atoms with Crippen LogP contribution in [0.3, 0.4) is 0 Å². The van der Waals surface area contributed by atoms with Crippen molar-refractivity contribution < 1.29 is 19.0 Å². The van der Waals surface area contributed by atoms with Gasteiger partial charge in [0, 0.05) is 0 Å². The van der Waals surface area contributed by atoms with E-state index in [1.165, 1.54) is 20.5 Å². The average Bonchev–Trinajstić information content (AvgIpc) is 2.52. The van der Waals surface area contributed by atoms with Crippen LogP contribution in [-0.4, -0.2) is 27.3 Å². The van der Waals surface area contributed by atoms with Gasteiger partial charge in [0.2, 0.25) is 0 Å². The van der Waals surface area contributed by atoms with Gasteiger partial charge in [0.15, 0.2) is 0 Å². The maximum absolute atomic E-state index is 11.6. The van der Waals surface area contributed by atoms with Crippen molar-refractivity contribution in [3.05, 3.63) is 59.4 Å². The van der Waals surface area contributed by atoms with E-state index in [1.54, 1.807) is 7.11 Å². The molecule has 0 bridgehead atoms. The summed E-state index contributed by atoms with van der Waals surface area (Å²) in [5.74, 6) is 0.387. The SMILES string of the molecule is COC=C(C(=O)OC)C(C)=CC=Cc1ccc(OC)cc1. The Balaban J connectivity index is 2.83. The summed E-state index contributed by atoms with van der Waals surface area (Å²) in [6, 6.07) is 7.68. The van der Waals surface area contributed by atoms with Crippen LogP contribution in [0.15, 0.2) is 53.8 Å². The molecule has 0 saturated heterocycles. The summed E-state index contributed by atoms with van der Waals surface area (Å²) in [7, 11) is 4.46. The third-order valence-electron chi connectivity index (χ3n) is 2.82. The number of allylic oxidation sites excluding steroid dienone is 2. The minimum absolute atomic E-state index is 0.388. The molecule has 0 heterocycles. The lowest BCUT2D eigenvalue weighted by atomic mass is 10.1. The van der Waals surface area contributed by atoms with Crippen molar-refractivity contribution in [2.45, 2.75) is 6.92 Å². The first-order valence-electron chi connectivity index (χ1n) is 6.43. The fraction of sp³-hybridized carbons (Fsp3) is 0.235. The molecule has 1 aromatic rings. The monoisotopic (exact) mass is 288 g/mol. The van der Waals surface area contributed by atoms with Gasteiger partial charge in [-0.15, -0.1) is 0 Å². The van der Waals surface area contributed by atoms with Gasteiger partial charge < -0.3 is 14.2 Å². The second kappa shape index (κ2) is 8.64. The van der Waals surface area contributed by atoms with E-state index in [1.807, 2.05) is 49.4 Å². The number of benzene rings is 1. The highest BCUT2D eigenvalue weighted by atomic mass is 16.5. The molecule has 0 amide bonds. The van der Waals surface area contributed by atoms with E-state index < -0.39 is 5.97 Å². The summed E-state index contributed by atoms with van der Waals surface area (Å²) >= 11 is 0. The highest BCUT2D eigenvalue weighted by molar-refractivity contribution is 5.92. The molecule has 0 N–H and O–H groups in total. The van der Waals surface area contributed by atoms with E-state index in [0.717, 1.165) is 16.9 Å². The van der Waals surface area contributed by atoms with Crippen LogP contribution in [0.2, 0.25) is 0 Å². The maximum Gasteiger partial charge on any atom is 0.341 e. The summed E-state index contributed by atoms with van der Waals surface area (Å²) in [5.41, 5.74) is 2.18. The van der Waals surface area contributed by atoms with Gasteiger partial charge in [-0.2, -0.15) is 0 Å². The van der Waals surface area contributed by atoms with Crippen LogP contribution in [0.1, 0.15) is 12.5 Å². The van der Waals surface area contributed by atoms with Crippen molar-refractivity contribution in [1.29, 1.82) is 0 Å². The summed E-state index contributed by atoms with van der Waals surface area (Å²) in [6.07, 6.45) is 7.00. The van der Waals surface area contributed by atoms with Gasteiger partial charge in [-0.3, -0.25) is 0 Å². The van der Waals surface area contributed by atoms with Gasteiger partial charge in [-0.1, -0.05) is 30.4 Å². The smallest absolute Gasteiger partial charge is 0.341 e. The molecule has 112 valence electrons. The molecule has 0 radical (unpaired) electrons. The Bertz CT molecular complexity index is 551. The number of rotatable bonds is 6. The molecule has 0 atom stereocenters. The third-order valence-corrected chi connectivity index (χ3v) is 2.82. The Morgan fingerprint density at radius 1 is 1.10 bits per heavy atom. The zero-order chi connectivity index (χ0) is 15.7. The van der Waals surface area contributed by atoms with Crippen molar-refractivity contribution in [2.75, 3.05) is 21.3 Å². The third kappa shape index (κ3) is 5.18. The molecule has 0 aliphatic rings. The fourth-order valence-corrected chi connectivity index (χ4v) is 1.64. The minimum Gasteiger partial charge on any atom is -0.503 e. The van der Waals surface area contributed by atoms with Crippen LogP contribution < -0.4 is 4.74 Å². The summed E-state index contributed by atoms with van der Waals surface area (Å²) in [4.78, 5) is 11.6. The quantitative estimate of drug-likeness (QED) is 0.348. The van der Waals surface area contributed by atoms with Gasteiger partial charge in [0.1, 0.15) is 5.75 Å². The molecule has 0 fully saturated rings. The van der Waals surface area contributed by atoms with Gasteiger partial charge in [0.05, 0.1) is 33.2 Å². The Morgan fingerprint density at radius 2 is 1.76 bits per heavy atom. The molecule has 0 aromatic heterocycles. The Hall–Kier alpha value is -2.49. The van der Waals surface area contributed by atoms with Crippen LogP contribution in [0, 0.1) is 0 Å². The maximum atomic E-state index is 11.6. The van der Waals surface area contributed by atoms with E-state index in [4.69, 9.17) is 14.2 Å². The van der Waals surface area contributed by atoms with Gasteiger partial charge in [-0.05, 0) is 30.2 Å². The normalized spacial score (nSPS) is 12.4. The zero-order valence-electron chi connectivity index (χ0n) is 12.8. The zero-order valence-corrected chi connectivity index (χ0v) is 12.8. The van der Waals surface area contributed by atoms with Crippen LogP contribution in [0.25, 0.3) is 6.08 Å². The molecule has 4 heteroatoms. The first-order valence-corrected chi connectivity index (χ1v) is 6.43. The van der Waals surface area contributed by atoms with Crippen LogP contribution >= 0.6 is 0 Å². The number of hydrogen-bond donors (Lipinski definition) is 0. The molecule has 0 aliphatic heterocycles. The number of hydrogen-bond acceptors (Lipinski definition) is 4. The molecule has 0 spiro atoms. The molecule has 0 aliphatic carbocycles. The fourth-order valence-electron chi connectivity index (χ4n) is 1.64. The molecule has 0 saturated carbocycles. The summed E-state index contributed by atoms with van der Waals surface area (Å²) in [6.45, 7) is 1.82. The summed E-state index contributed by atoms with van der Waals surface area (Å²) < 4.78 is 14.7. The van der Waals surface area contributed by atoms with Crippen molar-refractivity contribution in [3.8, 4) is 5.75 Å². The lowest BCUT2D eigenvalue weighted by Gasteiger charge is -2.04. The summed E-state index contributed by atoms with van der Waals surface area (Å²) in [5, 5.41) is 0. The van der Waals surface area contributed by atoms with Gasteiger partial charge >= 0.3 is 5.97 Å². The highest BCUT2D eigenvalue weighted by Gasteiger charge is 2.11. The van der Waals surface area contributed by atoms with Crippen molar-refractivity contribution in [3.63, 3.8) is 0 Å². The minimum atomic E-state index is -0.427. The predicted molar refractivity (Wildman–Crippen MR) is 82.9 cm³/mol. The largest absolute Gasteiger partial charge is 0.503 e. The number of carbonyl (C=O) groups is 1. The van der Waals surface area contributed by atoms with E-state index in [-0.39, 0.29) is 0 Å². The van der Waals surface area contributed by atoms with Crippen LogP contribution in [0.5, 0.6) is 5.75 Å². The van der Waals surface area contributed by atoms with Crippen molar-refractivity contribution in [2.24, 2.45) is 0 Å². The van der Waals surface area contributed by atoms with Gasteiger partial charge in [-0.25, -0.2) is 4.79 Å². The predicted octanol–water partition coefficient (Wildman–Crippen LogP) is 3.36. The molecule has 0 unspecified atom stereocenters. The van der Waals surface area contributed by atoms with Crippen LogP contribution in [0.4, 0.5) is 0 Å². The topological polar surface area (TPSA) is 44.8 Å². The Labute approximate surface area is 125 Å². The van der Waals surface area contributed by atoms with Crippen molar-refractivity contribution >= 4 is 12.0 Å². The molecular formula is C17H20O4. The van der Waals surface area contributed by atoms with Gasteiger partial charge in [0.25, 0.3) is 0 Å². The Kier molecular flexibility index (Phi) is 6.81. The number of ether oxygens (including phenoxy) is 3. The van der Waals surface area contributed by atoms with E-state index in [0.29, 0.717) is 5.57 Å². The molecular weight excluding hydrogens is 268 g/mol. The first kappa shape index (κ1) is 16.6. The van der Waals surface area contributed by atoms with E-state index in [2.05, 4.69) is 0 Å². The number of methoxy groups -OCH3 is 3. The van der Waals surface area contributed by atoms with Crippen molar-refractivity contribution in [1.82, 2.24) is 0 Å². The second-order valence-corrected chi connectivity index (χ2v) is 4.24. The van der Waals surface area contributed by atoms with Crippen LogP contribution in [-0.2, 0) is 14.3 Å².